The molecule has 1 N–H and O–H groups in total. The second kappa shape index (κ2) is 3.84. The van der Waals surface area contributed by atoms with Crippen molar-refractivity contribution in [2.75, 3.05) is 12.4 Å². The molecule has 3 rings (SSSR count). The van der Waals surface area contributed by atoms with Gasteiger partial charge in [-0.1, -0.05) is 43.0 Å². The molecule has 2 aromatic rings. The Kier molecular flexibility index (Phi) is 2.30. The van der Waals surface area contributed by atoms with E-state index in [1.165, 1.54) is 0 Å². The van der Waals surface area contributed by atoms with E-state index in [1.807, 2.05) is 49.5 Å². The normalized spacial score (nSPS) is 12.9. The molecule has 0 aromatic heterocycles. The van der Waals surface area contributed by atoms with E-state index in [1.54, 1.807) is 0 Å². The Bertz CT molecular complexity index is 671. The summed E-state index contributed by atoms with van der Waals surface area (Å²) in [6.07, 6.45) is 0. The van der Waals surface area contributed by atoms with Gasteiger partial charge >= 0.3 is 0 Å². The minimum Gasteiger partial charge on any atom is -0.388 e. The fourth-order valence-corrected chi connectivity index (χ4v) is 2.48. The molecule has 0 saturated carbocycles. The van der Waals surface area contributed by atoms with Gasteiger partial charge in [-0.2, -0.15) is 0 Å². The first-order valence-corrected chi connectivity index (χ1v) is 5.88. The van der Waals surface area contributed by atoms with Gasteiger partial charge in [0.05, 0.1) is 5.56 Å². The minimum atomic E-state index is 0.0675. The number of carbonyl (C=O) groups excluding carboxylic acids is 1. The molecule has 1 aliphatic carbocycles. The van der Waals surface area contributed by atoms with Crippen molar-refractivity contribution in [3.05, 3.63) is 71.3 Å². The van der Waals surface area contributed by atoms with Crippen LogP contribution in [0.3, 0.4) is 0 Å². The standard InChI is InChI=1S/C16H13NO/c1-10-11-6-3-4-7-13(11)16(18)15-12(10)8-5-9-14(15)17-2/h3-9,17H,1H2,2H3. The van der Waals surface area contributed by atoms with Gasteiger partial charge < -0.3 is 5.32 Å². The Morgan fingerprint density at radius 2 is 1.61 bits per heavy atom. The summed E-state index contributed by atoms with van der Waals surface area (Å²) in [7, 11) is 1.83. The van der Waals surface area contributed by atoms with Crippen molar-refractivity contribution < 1.29 is 4.79 Å². The molecule has 0 atom stereocenters. The summed E-state index contributed by atoms with van der Waals surface area (Å²) in [5.41, 5.74) is 5.08. The highest BCUT2D eigenvalue weighted by atomic mass is 16.1. The highest BCUT2D eigenvalue weighted by molar-refractivity contribution is 6.21. The topological polar surface area (TPSA) is 29.1 Å². The van der Waals surface area contributed by atoms with Crippen LogP contribution >= 0.6 is 0 Å². The quantitative estimate of drug-likeness (QED) is 0.701. The van der Waals surface area contributed by atoms with Crippen molar-refractivity contribution in [3.8, 4) is 0 Å². The Labute approximate surface area is 106 Å². The molecule has 1 aliphatic rings. The molecule has 0 fully saturated rings. The van der Waals surface area contributed by atoms with Crippen molar-refractivity contribution in [3.63, 3.8) is 0 Å². The Hall–Kier alpha value is -2.35. The van der Waals surface area contributed by atoms with Crippen molar-refractivity contribution in [1.29, 1.82) is 0 Å². The zero-order chi connectivity index (χ0) is 12.7. The molecule has 2 nitrogen and oxygen atoms in total. The Morgan fingerprint density at radius 1 is 0.944 bits per heavy atom. The number of anilines is 1. The van der Waals surface area contributed by atoms with E-state index in [4.69, 9.17) is 0 Å². The molecule has 0 heterocycles. The minimum absolute atomic E-state index is 0.0675. The molecule has 18 heavy (non-hydrogen) atoms. The monoisotopic (exact) mass is 235 g/mol. The summed E-state index contributed by atoms with van der Waals surface area (Å²) in [6, 6.07) is 13.4. The zero-order valence-corrected chi connectivity index (χ0v) is 10.2. The predicted octanol–water partition coefficient (Wildman–Crippen LogP) is 3.33. The van der Waals surface area contributed by atoms with Crippen molar-refractivity contribution in [2.24, 2.45) is 0 Å². The molecule has 0 aliphatic heterocycles. The molecular weight excluding hydrogens is 222 g/mol. The fraction of sp³-hybridized carbons (Fsp3) is 0.0625. The summed E-state index contributed by atoms with van der Waals surface area (Å²) in [5, 5.41) is 3.07. The maximum absolute atomic E-state index is 12.6. The lowest BCUT2D eigenvalue weighted by Crippen LogP contribution is -2.15. The van der Waals surface area contributed by atoms with E-state index in [0.29, 0.717) is 0 Å². The molecule has 2 heteroatoms. The van der Waals surface area contributed by atoms with E-state index in [0.717, 1.165) is 33.5 Å². The average molecular weight is 235 g/mol. The van der Waals surface area contributed by atoms with E-state index in [9.17, 15) is 4.79 Å². The molecule has 88 valence electrons. The van der Waals surface area contributed by atoms with Crippen LogP contribution < -0.4 is 5.32 Å². The number of fused-ring (bicyclic) bond motifs is 2. The first-order chi connectivity index (χ1) is 8.74. The molecule has 0 bridgehead atoms. The van der Waals surface area contributed by atoms with E-state index >= 15 is 0 Å². The van der Waals surface area contributed by atoms with Crippen LogP contribution in [0, 0.1) is 0 Å². The first-order valence-electron chi connectivity index (χ1n) is 5.88. The van der Waals surface area contributed by atoms with Crippen LogP contribution in [0.1, 0.15) is 27.0 Å². The highest BCUT2D eigenvalue weighted by Crippen LogP contribution is 2.37. The molecule has 0 saturated heterocycles. The third-order valence-electron chi connectivity index (χ3n) is 3.38. The van der Waals surface area contributed by atoms with Crippen molar-refractivity contribution in [1.82, 2.24) is 0 Å². The van der Waals surface area contributed by atoms with Gasteiger partial charge in [0.25, 0.3) is 0 Å². The lowest BCUT2D eigenvalue weighted by Gasteiger charge is -2.22. The van der Waals surface area contributed by atoms with Crippen LogP contribution in [-0.4, -0.2) is 12.8 Å². The van der Waals surface area contributed by atoms with E-state index in [-0.39, 0.29) is 5.78 Å². The number of rotatable bonds is 1. The number of nitrogens with one attached hydrogen (secondary N) is 1. The molecular formula is C16H13NO. The summed E-state index contributed by atoms with van der Waals surface area (Å²) in [5.74, 6) is 0.0675. The number of benzene rings is 2. The SMILES string of the molecule is C=C1c2ccccc2C(=O)c2c(NC)cccc21. The van der Waals surface area contributed by atoms with Gasteiger partial charge in [-0.25, -0.2) is 0 Å². The predicted molar refractivity (Wildman–Crippen MR) is 74.0 cm³/mol. The molecule has 0 amide bonds. The van der Waals surface area contributed by atoms with Gasteiger partial charge in [0.2, 0.25) is 0 Å². The Balaban J connectivity index is 2.34. The average Bonchev–Trinajstić information content (AvgIpc) is 2.44. The number of carbonyl (C=O) groups is 1. The largest absolute Gasteiger partial charge is 0.388 e. The third-order valence-corrected chi connectivity index (χ3v) is 3.38. The molecule has 0 radical (unpaired) electrons. The van der Waals surface area contributed by atoms with Crippen LogP contribution in [0.4, 0.5) is 5.69 Å². The lowest BCUT2D eigenvalue weighted by atomic mass is 9.81. The number of hydrogen-bond donors (Lipinski definition) is 1. The van der Waals surface area contributed by atoms with Gasteiger partial charge in [-0.05, 0) is 22.8 Å². The maximum atomic E-state index is 12.6. The summed E-state index contributed by atoms with van der Waals surface area (Å²) in [4.78, 5) is 12.6. The smallest absolute Gasteiger partial charge is 0.196 e. The van der Waals surface area contributed by atoms with Gasteiger partial charge in [0, 0.05) is 18.3 Å². The van der Waals surface area contributed by atoms with Crippen LogP contribution in [0.15, 0.2) is 49.0 Å². The first kappa shape index (κ1) is 10.8. The van der Waals surface area contributed by atoms with Gasteiger partial charge in [0.15, 0.2) is 5.78 Å². The second-order valence-electron chi connectivity index (χ2n) is 4.33. The number of ketones is 1. The summed E-state index contributed by atoms with van der Waals surface area (Å²) >= 11 is 0. The van der Waals surface area contributed by atoms with E-state index < -0.39 is 0 Å². The number of hydrogen-bond acceptors (Lipinski definition) is 2. The van der Waals surface area contributed by atoms with Crippen LogP contribution in [-0.2, 0) is 0 Å². The molecule has 0 unspecified atom stereocenters. The molecule has 0 spiro atoms. The fourth-order valence-electron chi connectivity index (χ4n) is 2.48. The van der Waals surface area contributed by atoms with Crippen molar-refractivity contribution in [2.45, 2.75) is 0 Å². The van der Waals surface area contributed by atoms with Crippen LogP contribution in [0.5, 0.6) is 0 Å². The van der Waals surface area contributed by atoms with E-state index in [2.05, 4.69) is 11.9 Å². The van der Waals surface area contributed by atoms with Crippen LogP contribution in [0.25, 0.3) is 5.57 Å². The van der Waals surface area contributed by atoms with Gasteiger partial charge in [-0.3, -0.25) is 4.79 Å². The van der Waals surface area contributed by atoms with Crippen molar-refractivity contribution >= 4 is 17.0 Å². The highest BCUT2D eigenvalue weighted by Gasteiger charge is 2.27. The third kappa shape index (κ3) is 1.32. The summed E-state index contributed by atoms with van der Waals surface area (Å²) in [6.45, 7) is 4.13. The second-order valence-corrected chi connectivity index (χ2v) is 4.33. The molecule has 2 aromatic carbocycles. The lowest BCUT2D eigenvalue weighted by molar-refractivity contribution is 0.103. The Morgan fingerprint density at radius 3 is 2.33 bits per heavy atom. The van der Waals surface area contributed by atoms with Gasteiger partial charge in [-0.15, -0.1) is 0 Å². The van der Waals surface area contributed by atoms with Gasteiger partial charge in [0.1, 0.15) is 0 Å². The summed E-state index contributed by atoms with van der Waals surface area (Å²) < 4.78 is 0. The zero-order valence-electron chi connectivity index (χ0n) is 10.2. The van der Waals surface area contributed by atoms with Crippen LogP contribution in [0.2, 0.25) is 0 Å². The maximum Gasteiger partial charge on any atom is 0.196 e.